The molecule has 0 saturated heterocycles. The van der Waals surface area contributed by atoms with Gasteiger partial charge < -0.3 is 25.4 Å². The summed E-state index contributed by atoms with van der Waals surface area (Å²) in [5.74, 6) is -0.654. The fourth-order valence-electron chi connectivity index (χ4n) is 4.29. The zero-order valence-corrected chi connectivity index (χ0v) is 24.9. The smallest absolute Gasteiger partial charge is 0.408 e. The van der Waals surface area contributed by atoms with Crippen molar-refractivity contribution in [3.05, 3.63) is 71.8 Å². The minimum Gasteiger partial charge on any atom is -0.508 e. The van der Waals surface area contributed by atoms with E-state index < -0.39 is 35.2 Å². The van der Waals surface area contributed by atoms with Crippen molar-refractivity contribution in [3.8, 4) is 5.75 Å². The Labute approximate surface area is 238 Å². The van der Waals surface area contributed by atoms with Gasteiger partial charge in [0.2, 0.25) is 11.8 Å². The van der Waals surface area contributed by atoms with E-state index in [9.17, 15) is 19.5 Å². The molecule has 2 aromatic rings. The molecule has 218 valence electrons. The van der Waals surface area contributed by atoms with Gasteiger partial charge in [-0.3, -0.25) is 9.59 Å². The van der Waals surface area contributed by atoms with Crippen LogP contribution >= 0.6 is 0 Å². The van der Waals surface area contributed by atoms with E-state index in [4.69, 9.17) is 4.74 Å². The Hall–Kier alpha value is -3.81. The second kappa shape index (κ2) is 14.0. The molecule has 3 N–H and O–H groups in total. The van der Waals surface area contributed by atoms with E-state index in [0.717, 1.165) is 24.0 Å². The van der Waals surface area contributed by atoms with Gasteiger partial charge in [-0.2, -0.15) is 0 Å². The minimum absolute atomic E-state index is 0.0916. The highest BCUT2D eigenvalue weighted by atomic mass is 16.6. The molecule has 0 aliphatic carbocycles. The fraction of sp³-hybridized carbons (Fsp3) is 0.469. The van der Waals surface area contributed by atoms with Crippen molar-refractivity contribution < 1.29 is 24.2 Å². The van der Waals surface area contributed by atoms with E-state index in [-0.39, 0.29) is 18.1 Å². The van der Waals surface area contributed by atoms with Gasteiger partial charge in [0, 0.05) is 18.5 Å². The van der Waals surface area contributed by atoms with Crippen molar-refractivity contribution >= 4 is 24.0 Å². The summed E-state index contributed by atoms with van der Waals surface area (Å²) in [6.45, 7) is 17.2. The summed E-state index contributed by atoms with van der Waals surface area (Å²) in [7, 11) is 0. The number of hydrogen-bond donors (Lipinski definition) is 3. The summed E-state index contributed by atoms with van der Waals surface area (Å²) >= 11 is 0. The van der Waals surface area contributed by atoms with Crippen molar-refractivity contribution in [2.24, 2.45) is 0 Å². The van der Waals surface area contributed by atoms with Gasteiger partial charge in [0.25, 0.3) is 0 Å². The third-order valence-corrected chi connectivity index (χ3v) is 6.12. The maximum Gasteiger partial charge on any atom is 0.408 e. The van der Waals surface area contributed by atoms with Crippen LogP contribution in [-0.2, 0) is 20.7 Å². The lowest BCUT2D eigenvalue weighted by molar-refractivity contribution is -0.148. The van der Waals surface area contributed by atoms with Crippen molar-refractivity contribution in [2.45, 2.75) is 91.0 Å². The molecule has 0 fully saturated rings. The molecule has 0 aromatic heterocycles. The van der Waals surface area contributed by atoms with Crippen molar-refractivity contribution in [2.75, 3.05) is 6.54 Å². The molecule has 0 bridgehead atoms. The van der Waals surface area contributed by atoms with E-state index in [1.165, 1.54) is 12.1 Å². The first-order valence-corrected chi connectivity index (χ1v) is 13.8. The van der Waals surface area contributed by atoms with E-state index in [1.807, 2.05) is 52.0 Å². The summed E-state index contributed by atoms with van der Waals surface area (Å²) in [5.41, 5.74) is 0.593. The standard InChI is InChI=1S/C32H45N3O5/c1-9-11-19-33-28(37)27(24-14-12-13-22(10-2)20-24)35(31(3,4)5)29(38)26(34-30(39)40-32(6,7)8)21-23-15-17-25(36)18-16-23/h10,12-18,20,26-27,36H,2,9,11,19,21H2,1,3-8H3,(H,33,37)(H,34,39). The second-order valence-corrected chi connectivity index (χ2v) is 11.9. The van der Waals surface area contributed by atoms with Gasteiger partial charge in [0.1, 0.15) is 23.4 Å². The highest BCUT2D eigenvalue weighted by molar-refractivity contribution is 5.93. The number of hydrogen-bond acceptors (Lipinski definition) is 5. The van der Waals surface area contributed by atoms with Crippen molar-refractivity contribution in [1.82, 2.24) is 15.5 Å². The molecular weight excluding hydrogens is 506 g/mol. The predicted molar refractivity (Wildman–Crippen MR) is 159 cm³/mol. The highest BCUT2D eigenvalue weighted by Gasteiger charge is 2.42. The molecule has 0 saturated carbocycles. The van der Waals surface area contributed by atoms with Gasteiger partial charge in [-0.25, -0.2) is 4.79 Å². The topological polar surface area (TPSA) is 108 Å². The second-order valence-electron chi connectivity index (χ2n) is 11.9. The molecule has 2 rings (SSSR count). The van der Waals surface area contributed by atoms with Gasteiger partial charge in [0.05, 0.1) is 0 Å². The van der Waals surface area contributed by atoms with Gasteiger partial charge >= 0.3 is 6.09 Å². The fourth-order valence-corrected chi connectivity index (χ4v) is 4.29. The number of benzene rings is 2. The van der Waals surface area contributed by atoms with E-state index in [1.54, 1.807) is 43.9 Å². The predicted octanol–water partition coefficient (Wildman–Crippen LogP) is 5.76. The number of alkyl carbamates (subject to hydrolysis) is 1. The highest BCUT2D eigenvalue weighted by Crippen LogP contribution is 2.31. The monoisotopic (exact) mass is 551 g/mol. The number of nitrogens with one attached hydrogen (secondary N) is 2. The lowest BCUT2D eigenvalue weighted by Crippen LogP contribution is -2.59. The van der Waals surface area contributed by atoms with Crippen molar-refractivity contribution in [1.29, 1.82) is 0 Å². The summed E-state index contributed by atoms with van der Waals surface area (Å²) < 4.78 is 5.48. The van der Waals surface area contributed by atoms with Crippen LogP contribution in [0.3, 0.4) is 0 Å². The Bertz CT molecular complexity index is 1160. The maximum absolute atomic E-state index is 14.5. The largest absolute Gasteiger partial charge is 0.508 e. The summed E-state index contributed by atoms with van der Waals surface area (Å²) in [5, 5.41) is 15.5. The van der Waals surface area contributed by atoms with Gasteiger partial charge in [0.15, 0.2) is 0 Å². The Morgan fingerprint density at radius 2 is 1.70 bits per heavy atom. The molecule has 8 heteroatoms. The normalized spacial score (nSPS) is 13.1. The summed E-state index contributed by atoms with van der Waals surface area (Å²) in [6.07, 6.45) is 2.79. The number of phenolic OH excluding ortho intramolecular Hbond substituents is 1. The molecule has 2 aromatic carbocycles. The number of unbranched alkanes of at least 4 members (excludes halogenated alkanes) is 1. The molecule has 8 nitrogen and oxygen atoms in total. The third-order valence-electron chi connectivity index (χ3n) is 6.12. The third kappa shape index (κ3) is 9.74. The van der Waals surface area contributed by atoms with Crippen LogP contribution in [0.1, 0.15) is 84.0 Å². The zero-order valence-electron chi connectivity index (χ0n) is 24.9. The van der Waals surface area contributed by atoms with Crippen LogP contribution in [0.5, 0.6) is 5.75 Å². The first kappa shape index (κ1) is 32.4. The molecule has 0 aliphatic rings. The number of rotatable bonds is 11. The quantitative estimate of drug-likeness (QED) is 0.308. The molecule has 0 spiro atoms. The molecular formula is C32H45N3O5. The first-order valence-electron chi connectivity index (χ1n) is 13.8. The first-order chi connectivity index (χ1) is 18.7. The summed E-state index contributed by atoms with van der Waals surface area (Å²) in [4.78, 5) is 42.7. The molecule has 3 amide bonds. The maximum atomic E-state index is 14.5. The van der Waals surface area contributed by atoms with Crippen LogP contribution in [0, 0.1) is 0 Å². The molecule has 40 heavy (non-hydrogen) atoms. The van der Waals surface area contributed by atoms with Gasteiger partial charge in [-0.05, 0) is 82.9 Å². The minimum atomic E-state index is -1.05. The van der Waals surface area contributed by atoms with Crippen LogP contribution in [0.2, 0.25) is 0 Å². The number of carbonyl (C=O) groups is 3. The average molecular weight is 552 g/mol. The summed E-state index contributed by atoms with van der Waals surface area (Å²) in [6, 6.07) is 11.8. The zero-order chi connectivity index (χ0) is 30.1. The van der Waals surface area contributed by atoms with Gasteiger partial charge in [-0.1, -0.05) is 56.3 Å². The molecule has 0 radical (unpaired) electrons. The van der Waals surface area contributed by atoms with Crippen LogP contribution < -0.4 is 10.6 Å². The van der Waals surface area contributed by atoms with Crippen LogP contribution in [0.15, 0.2) is 55.1 Å². The molecule has 2 unspecified atom stereocenters. The Kier molecular flexibility index (Phi) is 11.3. The Balaban J connectivity index is 2.61. The number of amides is 3. The number of phenols is 1. The number of aromatic hydroxyl groups is 1. The molecule has 2 atom stereocenters. The lowest BCUT2D eigenvalue weighted by atomic mass is 9.93. The van der Waals surface area contributed by atoms with Crippen LogP contribution in [-0.4, -0.2) is 51.6 Å². The average Bonchev–Trinajstić information content (AvgIpc) is 2.86. The van der Waals surface area contributed by atoms with Crippen molar-refractivity contribution in [3.63, 3.8) is 0 Å². The lowest BCUT2D eigenvalue weighted by Gasteiger charge is -2.43. The van der Waals surface area contributed by atoms with E-state index in [0.29, 0.717) is 12.1 Å². The SMILES string of the molecule is C=Cc1cccc(C(C(=O)NCCCC)N(C(=O)C(Cc2ccc(O)cc2)NC(=O)OC(C)(C)C)C(C)(C)C)c1. The number of nitrogens with zero attached hydrogens (tertiary/aromatic N) is 1. The number of carbonyl (C=O) groups excluding carboxylic acids is 3. The van der Waals surface area contributed by atoms with E-state index in [2.05, 4.69) is 17.2 Å². The number of ether oxygens (including phenoxy) is 1. The molecule has 0 heterocycles. The Morgan fingerprint density at radius 3 is 2.25 bits per heavy atom. The van der Waals surface area contributed by atoms with Crippen LogP contribution in [0.4, 0.5) is 4.79 Å². The van der Waals surface area contributed by atoms with E-state index >= 15 is 0 Å². The Morgan fingerprint density at radius 1 is 1.05 bits per heavy atom. The van der Waals surface area contributed by atoms with Gasteiger partial charge in [-0.15, -0.1) is 0 Å². The molecule has 0 aliphatic heterocycles. The van der Waals surface area contributed by atoms with Crippen LogP contribution in [0.25, 0.3) is 6.08 Å².